The molecule has 0 aliphatic carbocycles. The predicted octanol–water partition coefficient (Wildman–Crippen LogP) is 2.76. The quantitative estimate of drug-likeness (QED) is 0.568. The second-order valence-corrected chi connectivity index (χ2v) is 5.01. The van der Waals surface area contributed by atoms with Gasteiger partial charge in [0.1, 0.15) is 0 Å². The van der Waals surface area contributed by atoms with E-state index in [0.717, 1.165) is 39.1 Å². The van der Waals surface area contributed by atoms with Crippen molar-refractivity contribution in [2.75, 3.05) is 40.1 Å². The Balaban J connectivity index is 2.10. The summed E-state index contributed by atoms with van der Waals surface area (Å²) in [5.41, 5.74) is 2.54. The maximum Gasteiger partial charge on any atom is 0.0716 e. The molecule has 1 rings (SSSR count). The Morgan fingerprint density at radius 3 is 2.62 bits per heavy atom. The van der Waals surface area contributed by atoms with Crippen LogP contribution in [0.1, 0.15) is 30.9 Å². The van der Waals surface area contributed by atoms with Crippen molar-refractivity contribution in [1.29, 1.82) is 0 Å². The zero-order chi connectivity index (χ0) is 15.2. The molecular weight excluding hydrogens is 266 g/mol. The molecule has 21 heavy (non-hydrogen) atoms. The Morgan fingerprint density at radius 1 is 1.00 bits per heavy atom. The van der Waals surface area contributed by atoms with Gasteiger partial charge >= 0.3 is 0 Å². The molecule has 1 aromatic rings. The van der Waals surface area contributed by atoms with Crippen LogP contribution in [0.15, 0.2) is 24.3 Å². The molecule has 0 amide bonds. The lowest BCUT2D eigenvalue weighted by molar-refractivity contribution is 0.0483. The van der Waals surface area contributed by atoms with Crippen molar-refractivity contribution in [1.82, 2.24) is 5.32 Å². The lowest BCUT2D eigenvalue weighted by atomic mass is 10.1. The molecule has 0 heterocycles. The van der Waals surface area contributed by atoms with Gasteiger partial charge in [-0.15, -0.1) is 0 Å². The first-order valence-electron chi connectivity index (χ1n) is 7.79. The van der Waals surface area contributed by atoms with E-state index < -0.39 is 0 Å². The molecule has 0 aliphatic heterocycles. The van der Waals surface area contributed by atoms with Gasteiger partial charge in [-0.1, -0.05) is 31.2 Å². The fourth-order valence-electron chi connectivity index (χ4n) is 1.94. The van der Waals surface area contributed by atoms with Gasteiger partial charge in [0.05, 0.1) is 19.8 Å². The molecule has 0 atom stereocenters. The van der Waals surface area contributed by atoms with Gasteiger partial charge in [-0.05, 0) is 30.5 Å². The van der Waals surface area contributed by atoms with Crippen molar-refractivity contribution in [2.45, 2.75) is 32.9 Å². The molecule has 0 fully saturated rings. The van der Waals surface area contributed by atoms with Gasteiger partial charge in [-0.2, -0.15) is 0 Å². The van der Waals surface area contributed by atoms with Crippen molar-refractivity contribution < 1.29 is 14.2 Å². The van der Waals surface area contributed by atoms with E-state index in [1.165, 1.54) is 11.1 Å². The summed E-state index contributed by atoms with van der Waals surface area (Å²) in [6.45, 7) is 7.59. The minimum Gasteiger partial charge on any atom is -0.382 e. The van der Waals surface area contributed by atoms with Crippen molar-refractivity contribution in [3.05, 3.63) is 35.4 Å². The van der Waals surface area contributed by atoms with E-state index >= 15 is 0 Å². The molecule has 4 heteroatoms. The van der Waals surface area contributed by atoms with Crippen molar-refractivity contribution >= 4 is 0 Å². The summed E-state index contributed by atoms with van der Waals surface area (Å²) >= 11 is 0. The van der Waals surface area contributed by atoms with Crippen LogP contribution in [0.2, 0.25) is 0 Å². The maximum atomic E-state index is 5.68. The minimum atomic E-state index is 0.652. The minimum absolute atomic E-state index is 0.652. The number of hydrogen-bond donors (Lipinski definition) is 1. The number of rotatable bonds is 13. The SMILES string of the molecule is CCCNCc1cccc(COCCCOCCOC)c1. The van der Waals surface area contributed by atoms with Crippen LogP contribution in [0.3, 0.4) is 0 Å². The molecule has 0 bridgehead atoms. The van der Waals surface area contributed by atoms with E-state index in [1.54, 1.807) is 7.11 Å². The second kappa shape index (κ2) is 12.8. The van der Waals surface area contributed by atoms with Crippen LogP contribution in [0, 0.1) is 0 Å². The first kappa shape index (κ1) is 18.1. The molecule has 0 radical (unpaired) electrons. The standard InChI is InChI=1S/C17H29NO3/c1-3-8-18-14-16-6-4-7-17(13-16)15-21-10-5-9-20-12-11-19-2/h4,6-7,13,18H,3,5,8-12,14-15H2,1-2H3. The Morgan fingerprint density at radius 2 is 1.81 bits per heavy atom. The topological polar surface area (TPSA) is 39.7 Å². The number of nitrogens with one attached hydrogen (secondary N) is 1. The van der Waals surface area contributed by atoms with Crippen LogP contribution < -0.4 is 5.32 Å². The van der Waals surface area contributed by atoms with Gasteiger partial charge in [0.2, 0.25) is 0 Å². The van der Waals surface area contributed by atoms with Gasteiger partial charge in [0, 0.05) is 26.9 Å². The van der Waals surface area contributed by atoms with Gasteiger partial charge in [-0.25, -0.2) is 0 Å². The summed E-state index contributed by atoms with van der Waals surface area (Å²) in [5.74, 6) is 0. The van der Waals surface area contributed by atoms with Gasteiger partial charge in [0.15, 0.2) is 0 Å². The molecule has 1 N–H and O–H groups in total. The molecular formula is C17H29NO3. The van der Waals surface area contributed by atoms with Crippen LogP contribution in [0.25, 0.3) is 0 Å². The molecule has 0 saturated heterocycles. The van der Waals surface area contributed by atoms with Crippen molar-refractivity contribution in [3.8, 4) is 0 Å². The summed E-state index contributed by atoms with van der Waals surface area (Å²) in [6.07, 6.45) is 2.08. The van der Waals surface area contributed by atoms with E-state index in [2.05, 4.69) is 36.5 Å². The first-order chi connectivity index (χ1) is 10.4. The highest BCUT2D eigenvalue weighted by molar-refractivity contribution is 5.22. The first-order valence-corrected chi connectivity index (χ1v) is 7.79. The lowest BCUT2D eigenvalue weighted by Crippen LogP contribution is -2.13. The highest BCUT2D eigenvalue weighted by Crippen LogP contribution is 2.07. The molecule has 4 nitrogen and oxygen atoms in total. The molecule has 0 unspecified atom stereocenters. The molecule has 0 saturated carbocycles. The number of benzene rings is 1. The highest BCUT2D eigenvalue weighted by atomic mass is 16.5. The summed E-state index contributed by atoms with van der Waals surface area (Å²) < 4.78 is 16.0. The van der Waals surface area contributed by atoms with Gasteiger partial charge < -0.3 is 19.5 Å². The average molecular weight is 295 g/mol. The Hall–Kier alpha value is -0.940. The van der Waals surface area contributed by atoms with Crippen LogP contribution in [0.5, 0.6) is 0 Å². The Kier molecular flexibility index (Phi) is 11.0. The number of ether oxygens (including phenoxy) is 3. The lowest BCUT2D eigenvalue weighted by Gasteiger charge is -2.08. The van der Waals surface area contributed by atoms with Gasteiger partial charge in [-0.3, -0.25) is 0 Å². The smallest absolute Gasteiger partial charge is 0.0716 e. The highest BCUT2D eigenvalue weighted by Gasteiger charge is 1.97. The predicted molar refractivity (Wildman–Crippen MR) is 85.4 cm³/mol. The monoisotopic (exact) mass is 295 g/mol. The zero-order valence-electron chi connectivity index (χ0n) is 13.4. The largest absolute Gasteiger partial charge is 0.382 e. The van der Waals surface area contributed by atoms with Crippen molar-refractivity contribution in [3.63, 3.8) is 0 Å². The van der Waals surface area contributed by atoms with E-state index in [9.17, 15) is 0 Å². The third kappa shape index (κ3) is 9.58. The summed E-state index contributed by atoms with van der Waals surface area (Å²) in [5, 5.41) is 3.41. The number of hydrogen-bond acceptors (Lipinski definition) is 4. The fraction of sp³-hybridized carbons (Fsp3) is 0.647. The number of methoxy groups -OCH3 is 1. The fourth-order valence-corrected chi connectivity index (χ4v) is 1.94. The summed E-state index contributed by atoms with van der Waals surface area (Å²) in [7, 11) is 1.68. The average Bonchev–Trinajstić information content (AvgIpc) is 2.51. The van der Waals surface area contributed by atoms with E-state index in [0.29, 0.717) is 19.8 Å². The van der Waals surface area contributed by atoms with Crippen molar-refractivity contribution in [2.24, 2.45) is 0 Å². The van der Waals surface area contributed by atoms with Gasteiger partial charge in [0.25, 0.3) is 0 Å². The molecule has 0 aromatic heterocycles. The second-order valence-electron chi connectivity index (χ2n) is 5.01. The molecule has 1 aromatic carbocycles. The van der Waals surface area contributed by atoms with Crippen LogP contribution in [0.4, 0.5) is 0 Å². The molecule has 0 spiro atoms. The zero-order valence-corrected chi connectivity index (χ0v) is 13.4. The van der Waals surface area contributed by atoms with E-state index in [1.807, 2.05) is 0 Å². The van der Waals surface area contributed by atoms with E-state index in [4.69, 9.17) is 14.2 Å². The van der Waals surface area contributed by atoms with Crippen LogP contribution in [-0.2, 0) is 27.4 Å². The van der Waals surface area contributed by atoms with Crippen LogP contribution >= 0.6 is 0 Å². The molecule has 120 valence electrons. The Bertz CT molecular complexity index is 358. The normalized spacial score (nSPS) is 11.0. The maximum absolute atomic E-state index is 5.68. The third-order valence-electron chi connectivity index (χ3n) is 3.03. The van der Waals surface area contributed by atoms with E-state index in [-0.39, 0.29) is 0 Å². The van der Waals surface area contributed by atoms with Crippen LogP contribution in [-0.4, -0.2) is 40.1 Å². The Labute approximate surface area is 128 Å². The summed E-state index contributed by atoms with van der Waals surface area (Å²) in [6, 6.07) is 8.56. The summed E-state index contributed by atoms with van der Waals surface area (Å²) in [4.78, 5) is 0. The molecule has 0 aliphatic rings. The third-order valence-corrected chi connectivity index (χ3v) is 3.03.